The molecule has 1 aromatic rings. The average Bonchev–Trinajstić information content (AvgIpc) is 2.76. The van der Waals surface area contributed by atoms with Crippen molar-refractivity contribution >= 4 is 38.9 Å². The first-order valence-electron chi connectivity index (χ1n) is 5.59. The monoisotopic (exact) mass is 324 g/mol. The maximum Gasteiger partial charge on any atom is 0.317 e. The molecule has 1 saturated heterocycles. The Morgan fingerprint density at radius 1 is 1.32 bits per heavy atom. The van der Waals surface area contributed by atoms with Crippen LogP contribution in [0.4, 0.5) is 0 Å². The van der Waals surface area contributed by atoms with Gasteiger partial charge in [-0.2, -0.15) is 4.31 Å². The standard InChI is InChI=1S/C10H13ClN2O4S2/c11-8-1-2-10(18-8)19(16,17)13-5-3-12(4-6-13)7-9(14)15/h1-2H,3-7H2,(H,14,15). The van der Waals surface area contributed by atoms with Gasteiger partial charge in [0.15, 0.2) is 0 Å². The Bertz CT molecular complexity index is 564. The molecule has 1 aromatic heterocycles. The van der Waals surface area contributed by atoms with Crippen molar-refractivity contribution in [2.24, 2.45) is 0 Å². The van der Waals surface area contributed by atoms with Gasteiger partial charge in [0.25, 0.3) is 10.0 Å². The van der Waals surface area contributed by atoms with Gasteiger partial charge in [0.1, 0.15) is 4.21 Å². The van der Waals surface area contributed by atoms with Crippen LogP contribution < -0.4 is 0 Å². The SMILES string of the molecule is O=C(O)CN1CCN(S(=O)(=O)c2ccc(Cl)s2)CC1. The van der Waals surface area contributed by atoms with E-state index in [0.29, 0.717) is 30.5 Å². The third-order valence-electron chi connectivity index (χ3n) is 2.83. The first kappa shape index (κ1) is 14.7. The van der Waals surface area contributed by atoms with E-state index >= 15 is 0 Å². The molecule has 0 atom stereocenters. The molecule has 19 heavy (non-hydrogen) atoms. The molecule has 0 radical (unpaired) electrons. The molecule has 1 fully saturated rings. The second-order valence-electron chi connectivity index (χ2n) is 4.13. The quantitative estimate of drug-likeness (QED) is 0.886. The van der Waals surface area contributed by atoms with E-state index in [1.54, 1.807) is 11.0 Å². The second kappa shape index (κ2) is 5.76. The van der Waals surface area contributed by atoms with Gasteiger partial charge in [-0.3, -0.25) is 9.69 Å². The molecule has 1 aliphatic heterocycles. The highest BCUT2D eigenvalue weighted by molar-refractivity contribution is 7.91. The first-order valence-corrected chi connectivity index (χ1v) is 8.22. The summed E-state index contributed by atoms with van der Waals surface area (Å²) in [4.78, 5) is 12.3. The lowest BCUT2D eigenvalue weighted by molar-refractivity contribution is -0.138. The second-order valence-corrected chi connectivity index (χ2v) is 8.01. The zero-order valence-corrected chi connectivity index (χ0v) is 12.3. The van der Waals surface area contributed by atoms with Gasteiger partial charge in [0, 0.05) is 26.2 Å². The Labute approximate surface area is 120 Å². The molecule has 2 rings (SSSR count). The highest BCUT2D eigenvalue weighted by atomic mass is 35.5. The van der Waals surface area contributed by atoms with E-state index in [1.165, 1.54) is 10.4 Å². The number of rotatable bonds is 4. The van der Waals surface area contributed by atoms with Crippen molar-refractivity contribution in [2.45, 2.75) is 4.21 Å². The van der Waals surface area contributed by atoms with E-state index in [9.17, 15) is 13.2 Å². The summed E-state index contributed by atoms with van der Waals surface area (Å²) < 4.78 is 26.6. The molecule has 0 bridgehead atoms. The molecule has 0 amide bonds. The number of hydrogen-bond acceptors (Lipinski definition) is 5. The fourth-order valence-electron chi connectivity index (χ4n) is 1.88. The van der Waals surface area contributed by atoms with Crippen LogP contribution in [0.5, 0.6) is 0 Å². The molecule has 1 aliphatic rings. The molecule has 6 nitrogen and oxygen atoms in total. The first-order chi connectivity index (χ1) is 8.89. The topological polar surface area (TPSA) is 77.9 Å². The molecule has 9 heteroatoms. The maximum absolute atomic E-state index is 12.3. The molecule has 0 spiro atoms. The predicted octanol–water partition coefficient (Wildman–Crippen LogP) is 0.792. The smallest absolute Gasteiger partial charge is 0.317 e. The van der Waals surface area contributed by atoms with E-state index in [1.807, 2.05) is 0 Å². The van der Waals surface area contributed by atoms with E-state index in [2.05, 4.69) is 0 Å². The summed E-state index contributed by atoms with van der Waals surface area (Å²) in [5, 5.41) is 8.69. The molecule has 1 N–H and O–H groups in total. The normalized spacial score (nSPS) is 18.6. The Kier molecular flexibility index (Phi) is 4.46. The van der Waals surface area contributed by atoms with Crippen LogP contribution in [0.1, 0.15) is 0 Å². The summed E-state index contributed by atoms with van der Waals surface area (Å²) in [6.07, 6.45) is 0. The highest BCUT2D eigenvalue weighted by Gasteiger charge is 2.29. The minimum Gasteiger partial charge on any atom is -0.480 e. The molecule has 0 saturated carbocycles. The van der Waals surface area contributed by atoms with Crippen LogP contribution in [-0.2, 0) is 14.8 Å². The van der Waals surface area contributed by atoms with Crippen molar-refractivity contribution in [1.82, 2.24) is 9.21 Å². The fraction of sp³-hybridized carbons (Fsp3) is 0.500. The number of piperazine rings is 1. The van der Waals surface area contributed by atoms with Gasteiger partial charge in [-0.1, -0.05) is 11.6 Å². The number of carboxylic acid groups (broad SMARTS) is 1. The lowest BCUT2D eigenvalue weighted by Gasteiger charge is -2.32. The number of sulfonamides is 1. The van der Waals surface area contributed by atoms with E-state index in [-0.39, 0.29) is 10.8 Å². The number of thiophene rings is 1. The molecule has 0 unspecified atom stereocenters. The zero-order chi connectivity index (χ0) is 14.0. The van der Waals surface area contributed by atoms with Gasteiger partial charge in [0.2, 0.25) is 0 Å². The Balaban J connectivity index is 2.03. The van der Waals surface area contributed by atoms with E-state index < -0.39 is 16.0 Å². The fourth-order valence-corrected chi connectivity index (χ4v) is 4.94. The van der Waals surface area contributed by atoms with Crippen LogP contribution in [0, 0.1) is 0 Å². The summed E-state index contributed by atoms with van der Waals surface area (Å²) in [6.45, 7) is 1.38. The van der Waals surface area contributed by atoms with E-state index in [4.69, 9.17) is 16.7 Å². The molecule has 0 aliphatic carbocycles. The number of carboxylic acids is 1. The van der Waals surface area contributed by atoms with Crippen LogP contribution >= 0.6 is 22.9 Å². The van der Waals surface area contributed by atoms with Crippen LogP contribution in [0.25, 0.3) is 0 Å². The number of carbonyl (C=O) groups is 1. The van der Waals surface area contributed by atoms with Gasteiger partial charge in [-0.15, -0.1) is 11.3 Å². The highest BCUT2D eigenvalue weighted by Crippen LogP contribution is 2.28. The molecular weight excluding hydrogens is 312 g/mol. The number of halogens is 1. The van der Waals surface area contributed by atoms with Gasteiger partial charge in [0.05, 0.1) is 10.9 Å². The molecule has 106 valence electrons. The van der Waals surface area contributed by atoms with Crippen molar-refractivity contribution < 1.29 is 18.3 Å². The van der Waals surface area contributed by atoms with Gasteiger partial charge in [-0.25, -0.2) is 8.42 Å². The zero-order valence-electron chi connectivity index (χ0n) is 9.95. The maximum atomic E-state index is 12.3. The summed E-state index contributed by atoms with van der Waals surface area (Å²) >= 11 is 6.78. The Hall–Kier alpha value is -0.670. The predicted molar refractivity (Wildman–Crippen MR) is 72.2 cm³/mol. The van der Waals surface area contributed by atoms with Crippen molar-refractivity contribution in [1.29, 1.82) is 0 Å². The molecular formula is C10H13ClN2O4S2. The van der Waals surface area contributed by atoms with Crippen LogP contribution in [-0.4, -0.2) is 61.4 Å². The van der Waals surface area contributed by atoms with Crippen molar-refractivity contribution in [3.05, 3.63) is 16.5 Å². The summed E-state index contributed by atoms with van der Waals surface area (Å²) in [5.41, 5.74) is 0. The van der Waals surface area contributed by atoms with Gasteiger partial charge in [-0.05, 0) is 12.1 Å². The number of aliphatic carboxylic acids is 1. The average molecular weight is 325 g/mol. The summed E-state index contributed by atoms with van der Waals surface area (Å²) in [7, 11) is -3.50. The largest absolute Gasteiger partial charge is 0.480 e. The number of nitrogens with zero attached hydrogens (tertiary/aromatic N) is 2. The molecule has 0 aromatic carbocycles. The van der Waals surface area contributed by atoms with E-state index in [0.717, 1.165) is 11.3 Å². The van der Waals surface area contributed by atoms with Crippen molar-refractivity contribution in [3.8, 4) is 0 Å². The Morgan fingerprint density at radius 3 is 2.42 bits per heavy atom. The lowest BCUT2D eigenvalue weighted by Crippen LogP contribution is -2.49. The van der Waals surface area contributed by atoms with Crippen LogP contribution in [0.15, 0.2) is 16.3 Å². The third kappa shape index (κ3) is 3.46. The third-order valence-corrected chi connectivity index (χ3v) is 6.43. The minimum absolute atomic E-state index is 0.0568. The van der Waals surface area contributed by atoms with Gasteiger partial charge >= 0.3 is 5.97 Å². The van der Waals surface area contributed by atoms with Crippen LogP contribution in [0.2, 0.25) is 4.34 Å². The van der Waals surface area contributed by atoms with Crippen LogP contribution in [0.3, 0.4) is 0 Å². The molecule has 2 heterocycles. The van der Waals surface area contributed by atoms with Crippen molar-refractivity contribution in [2.75, 3.05) is 32.7 Å². The summed E-state index contributed by atoms with van der Waals surface area (Å²) in [5.74, 6) is -0.902. The number of hydrogen-bond donors (Lipinski definition) is 1. The Morgan fingerprint density at radius 2 is 1.95 bits per heavy atom. The van der Waals surface area contributed by atoms with Crippen molar-refractivity contribution in [3.63, 3.8) is 0 Å². The minimum atomic E-state index is -3.50. The van der Waals surface area contributed by atoms with Gasteiger partial charge < -0.3 is 5.11 Å². The summed E-state index contributed by atoms with van der Waals surface area (Å²) in [6, 6.07) is 3.05. The lowest BCUT2D eigenvalue weighted by atomic mass is 10.3.